The second-order valence-corrected chi connectivity index (χ2v) is 7.44. The van der Waals surface area contributed by atoms with Crippen LogP contribution in [0.5, 0.6) is 5.75 Å². The highest BCUT2D eigenvalue weighted by Gasteiger charge is 2.29. The van der Waals surface area contributed by atoms with E-state index in [2.05, 4.69) is 22.3 Å². The maximum atomic E-state index is 12.5. The monoisotopic (exact) mass is 370 g/mol. The summed E-state index contributed by atoms with van der Waals surface area (Å²) in [4.78, 5) is 15.0. The van der Waals surface area contributed by atoms with E-state index in [9.17, 15) is 4.79 Å². The van der Waals surface area contributed by atoms with Crippen molar-refractivity contribution < 1.29 is 9.53 Å². The van der Waals surface area contributed by atoms with Crippen molar-refractivity contribution in [2.24, 2.45) is 0 Å². The van der Waals surface area contributed by atoms with Crippen LogP contribution in [0.1, 0.15) is 31.2 Å². The molecule has 1 saturated heterocycles. The summed E-state index contributed by atoms with van der Waals surface area (Å²) in [5.41, 5.74) is 3.00. The summed E-state index contributed by atoms with van der Waals surface area (Å²) in [7, 11) is 0. The average molecular weight is 371 g/mol. The van der Waals surface area contributed by atoms with Crippen molar-refractivity contribution in [2.75, 3.05) is 23.3 Å². The Morgan fingerprint density at radius 1 is 1.04 bits per heavy atom. The highest BCUT2D eigenvalue weighted by atomic mass is 35.5. The minimum absolute atomic E-state index is 0.125. The largest absolute Gasteiger partial charge is 0.480 e. The molecule has 1 atom stereocenters. The Morgan fingerprint density at radius 2 is 1.77 bits per heavy atom. The molecule has 2 heterocycles. The fraction of sp³-hybridized carbons (Fsp3) is 0.381. The van der Waals surface area contributed by atoms with Crippen LogP contribution < -0.4 is 15.0 Å². The number of carbonyl (C=O) groups is 1. The lowest BCUT2D eigenvalue weighted by Crippen LogP contribution is -2.31. The van der Waals surface area contributed by atoms with Crippen molar-refractivity contribution in [3.05, 3.63) is 53.1 Å². The van der Waals surface area contributed by atoms with Gasteiger partial charge in [-0.2, -0.15) is 0 Å². The third kappa shape index (κ3) is 3.80. The van der Waals surface area contributed by atoms with Gasteiger partial charge in [-0.1, -0.05) is 24.4 Å². The molecule has 0 saturated carbocycles. The van der Waals surface area contributed by atoms with Crippen LogP contribution in [-0.2, 0) is 11.2 Å². The molecule has 4 rings (SSSR count). The van der Waals surface area contributed by atoms with Gasteiger partial charge in [-0.25, -0.2) is 0 Å². The number of benzene rings is 2. The Labute approximate surface area is 159 Å². The minimum atomic E-state index is -0.506. The summed E-state index contributed by atoms with van der Waals surface area (Å²) in [6, 6.07) is 13.6. The number of carbonyl (C=O) groups excluding carboxylic acids is 1. The zero-order valence-electron chi connectivity index (χ0n) is 14.7. The lowest BCUT2D eigenvalue weighted by atomic mass is 10.1. The molecule has 2 aliphatic heterocycles. The maximum absolute atomic E-state index is 12.5. The Morgan fingerprint density at radius 3 is 2.50 bits per heavy atom. The van der Waals surface area contributed by atoms with Crippen molar-refractivity contribution in [1.82, 2.24) is 0 Å². The van der Waals surface area contributed by atoms with E-state index < -0.39 is 6.10 Å². The van der Waals surface area contributed by atoms with Gasteiger partial charge in [0.15, 0.2) is 6.10 Å². The van der Waals surface area contributed by atoms with Crippen molar-refractivity contribution in [3.8, 4) is 5.75 Å². The molecule has 1 N–H and O–H groups in total. The summed E-state index contributed by atoms with van der Waals surface area (Å²) in [6.45, 7) is 2.23. The molecule has 136 valence electrons. The van der Waals surface area contributed by atoms with Gasteiger partial charge >= 0.3 is 0 Å². The van der Waals surface area contributed by atoms with Crippen LogP contribution in [0.15, 0.2) is 42.5 Å². The number of hydrogen-bond acceptors (Lipinski definition) is 3. The van der Waals surface area contributed by atoms with Gasteiger partial charge in [0.1, 0.15) is 5.75 Å². The van der Waals surface area contributed by atoms with Gasteiger partial charge in [0.25, 0.3) is 5.91 Å². The quantitative estimate of drug-likeness (QED) is 0.854. The zero-order valence-corrected chi connectivity index (χ0v) is 15.5. The molecule has 0 spiro atoms. The lowest BCUT2D eigenvalue weighted by molar-refractivity contribution is -0.122. The van der Waals surface area contributed by atoms with E-state index in [4.69, 9.17) is 16.3 Å². The zero-order chi connectivity index (χ0) is 17.9. The molecule has 4 nitrogen and oxygen atoms in total. The number of nitrogens with one attached hydrogen (secondary N) is 1. The first-order chi connectivity index (χ1) is 12.7. The second-order valence-electron chi connectivity index (χ2n) is 7.00. The lowest BCUT2D eigenvalue weighted by Gasteiger charge is -2.23. The molecule has 1 amide bonds. The molecule has 2 aromatic rings. The first kappa shape index (κ1) is 17.2. The first-order valence-electron chi connectivity index (χ1n) is 9.30. The molecule has 0 aromatic heterocycles. The topological polar surface area (TPSA) is 41.6 Å². The molecule has 5 heteroatoms. The van der Waals surface area contributed by atoms with Crippen LogP contribution >= 0.6 is 11.6 Å². The van der Waals surface area contributed by atoms with Crippen molar-refractivity contribution in [1.29, 1.82) is 0 Å². The van der Waals surface area contributed by atoms with Crippen molar-refractivity contribution in [3.63, 3.8) is 0 Å². The summed E-state index contributed by atoms with van der Waals surface area (Å²) in [6.07, 6.45) is 5.19. The molecule has 0 unspecified atom stereocenters. The predicted molar refractivity (Wildman–Crippen MR) is 105 cm³/mol. The highest BCUT2D eigenvalue weighted by Crippen LogP contribution is 2.31. The minimum Gasteiger partial charge on any atom is -0.480 e. The maximum Gasteiger partial charge on any atom is 0.265 e. The van der Waals surface area contributed by atoms with E-state index in [1.807, 2.05) is 24.3 Å². The van der Waals surface area contributed by atoms with Crippen LogP contribution in [0.4, 0.5) is 11.4 Å². The fourth-order valence-corrected chi connectivity index (χ4v) is 3.87. The molecule has 1 fully saturated rings. The SMILES string of the molecule is O=C(Nc1ccc(N2CCCCCC2)cc1)[C@H]1Cc2cc(Cl)ccc2O1. The predicted octanol–water partition coefficient (Wildman–Crippen LogP) is 4.66. The third-order valence-electron chi connectivity index (χ3n) is 5.10. The number of ether oxygens (including phenoxy) is 1. The molecule has 26 heavy (non-hydrogen) atoms. The molecule has 2 aromatic carbocycles. The summed E-state index contributed by atoms with van der Waals surface area (Å²) >= 11 is 6.01. The van der Waals surface area contributed by atoms with Gasteiger partial charge in [-0.3, -0.25) is 4.79 Å². The van der Waals surface area contributed by atoms with Gasteiger partial charge < -0.3 is 15.0 Å². The van der Waals surface area contributed by atoms with Crippen molar-refractivity contribution in [2.45, 2.75) is 38.2 Å². The second kappa shape index (κ2) is 7.58. The van der Waals surface area contributed by atoms with Gasteiger partial charge in [-0.05, 0) is 60.9 Å². The number of anilines is 2. The molecular formula is C21H23ClN2O2. The van der Waals surface area contributed by atoms with Crippen LogP contribution in [0.3, 0.4) is 0 Å². The van der Waals surface area contributed by atoms with Gasteiger partial charge in [0.2, 0.25) is 0 Å². The van der Waals surface area contributed by atoms with Crippen LogP contribution in [-0.4, -0.2) is 25.1 Å². The van der Waals surface area contributed by atoms with E-state index in [-0.39, 0.29) is 5.91 Å². The van der Waals surface area contributed by atoms with Crippen LogP contribution in [0.25, 0.3) is 0 Å². The summed E-state index contributed by atoms with van der Waals surface area (Å²) < 4.78 is 5.75. The molecule has 0 aliphatic carbocycles. The van der Waals surface area contributed by atoms with E-state index in [0.29, 0.717) is 11.4 Å². The summed E-state index contributed by atoms with van der Waals surface area (Å²) in [5.74, 6) is 0.617. The molecular weight excluding hydrogens is 348 g/mol. The standard InChI is InChI=1S/C21H23ClN2O2/c22-16-5-10-19-15(13-16)14-20(26-19)21(25)23-17-6-8-18(9-7-17)24-11-3-1-2-4-12-24/h5-10,13,20H,1-4,11-12,14H2,(H,23,25)/t20-/m1/s1. The van der Waals surface area contributed by atoms with E-state index >= 15 is 0 Å². The number of hydrogen-bond donors (Lipinski definition) is 1. The first-order valence-corrected chi connectivity index (χ1v) is 9.68. The molecule has 2 aliphatic rings. The van der Waals surface area contributed by atoms with Crippen molar-refractivity contribution >= 4 is 28.9 Å². The normalized spacial score (nSPS) is 19.4. The van der Waals surface area contributed by atoms with E-state index in [0.717, 1.165) is 30.1 Å². The number of fused-ring (bicyclic) bond motifs is 1. The van der Waals surface area contributed by atoms with Crippen LogP contribution in [0, 0.1) is 0 Å². The Balaban J connectivity index is 1.37. The number of rotatable bonds is 3. The van der Waals surface area contributed by atoms with E-state index in [1.54, 1.807) is 6.07 Å². The Kier molecular flexibility index (Phi) is 5.02. The van der Waals surface area contributed by atoms with Gasteiger partial charge in [0.05, 0.1) is 0 Å². The smallest absolute Gasteiger partial charge is 0.265 e. The number of amides is 1. The Hall–Kier alpha value is -2.20. The van der Waals surface area contributed by atoms with E-state index in [1.165, 1.54) is 31.4 Å². The number of nitrogens with zero attached hydrogens (tertiary/aromatic N) is 1. The van der Waals surface area contributed by atoms with Gasteiger partial charge in [-0.15, -0.1) is 0 Å². The summed E-state index contributed by atoms with van der Waals surface area (Å²) in [5, 5.41) is 3.62. The fourth-order valence-electron chi connectivity index (χ4n) is 3.67. The Bertz CT molecular complexity index is 783. The van der Waals surface area contributed by atoms with Gasteiger partial charge in [0, 0.05) is 35.9 Å². The molecule has 0 bridgehead atoms. The average Bonchev–Trinajstić information content (AvgIpc) is 2.87. The van der Waals surface area contributed by atoms with Crippen LogP contribution in [0.2, 0.25) is 5.02 Å². The highest BCUT2D eigenvalue weighted by molar-refractivity contribution is 6.30. The third-order valence-corrected chi connectivity index (χ3v) is 5.33. The number of halogens is 1. The molecule has 0 radical (unpaired) electrons.